The molecule has 3 rings (SSSR count). The number of nitrogens with one attached hydrogen (secondary N) is 1. The van der Waals surface area contributed by atoms with Gasteiger partial charge in [0, 0.05) is 18.1 Å². The molecule has 0 spiro atoms. The van der Waals surface area contributed by atoms with E-state index in [4.69, 9.17) is 4.74 Å². The Morgan fingerprint density at radius 3 is 2.62 bits per heavy atom. The van der Waals surface area contributed by atoms with E-state index in [9.17, 15) is 9.59 Å². The molecule has 132 valence electrons. The lowest BCUT2D eigenvalue weighted by Crippen LogP contribution is -2.36. The van der Waals surface area contributed by atoms with Gasteiger partial charge in [0.2, 0.25) is 0 Å². The fourth-order valence-corrected chi connectivity index (χ4v) is 2.66. The third kappa shape index (κ3) is 4.25. The molecule has 0 bridgehead atoms. The number of esters is 1. The number of amides is 1. The summed E-state index contributed by atoms with van der Waals surface area (Å²) in [4.78, 5) is 28.8. The van der Waals surface area contributed by atoms with E-state index >= 15 is 0 Å². The normalized spacial score (nSPS) is 11.7. The van der Waals surface area contributed by atoms with Gasteiger partial charge in [0.15, 0.2) is 6.10 Å². The molecule has 0 unspecified atom stereocenters. The number of hydrogen-bond donors (Lipinski definition) is 1. The summed E-state index contributed by atoms with van der Waals surface area (Å²) in [6, 6.07) is 18.8. The van der Waals surface area contributed by atoms with Gasteiger partial charge in [-0.1, -0.05) is 48.5 Å². The Kier molecular flexibility index (Phi) is 5.59. The zero-order chi connectivity index (χ0) is 18.4. The summed E-state index contributed by atoms with van der Waals surface area (Å²) in [5.41, 5.74) is 2.06. The first-order valence-corrected chi connectivity index (χ1v) is 8.51. The largest absolute Gasteiger partial charge is 0.449 e. The maximum atomic E-state index is 12.4. The van der Waals surface area contributed by atoms with Gasteiger partial charge in [-0.15, -0.1) is 0 Å². The predicted molar refractivity (Wildman–Crippen MR) is 99.8 cm³/mol. The van der Waals surface area contributed by atoms with Crippen LogP contribution in [0.15, 0.2) is 66.9 Å². The van der Waals surface area contributed by atoms with Gasteiger partial charge in [0.1, 0.15) is 0 Å². The quantitative estimate of drug-likeness (QED) is 0.695. The first kappa shape index (κ1) is 17.6. The molecule has 26 heavy (non-hydrogen) atoms. The van der Waals surface area contributed by atoms with Crippen LogP contribution in [-0.2, 0) is 16.0 Å². The molecule has 3 aromatic rings. The second-order valence-corrected chi connectivity index (χ2v) is 5.95. The number of aromatic nitrogens is 1. The summed E-state index contributed by atoms with van der Waals surface area (Å²) < 4.78 is 5.32. The van der Waals surface area contributed by atoms with Crippen molar-refractivity contribution in [3.8, 4) is 0 Å². The number of nitrogens with zero attached hydrogens (tertiary/aromatic N) is 1. The minimum Gasteiger partial charge on any atom is -0.449 e. The molecule has 0 aliphatic heterocycles. The van der Waals surface area contributed by atoms with Crippen molar-refractivity contribution in [1.82, 2.24) is 10.3 Å². The molecule has 1 heterocycles. The van der Waals surface area contributed by atoms with Crippen molar-refractivity contribution in [3.63, 3.8) is 0 Å². The van der Waals surface area contributed by atoms with Gasteiger partial charge in [-0.3, -0.25) is 9.78 Å². The molecule has 1 atom stereocenters. The van der Waals surface area contributed by atoms with Crippen LogP contribution < -0.4 is 5.32 Å². The van der Waals surface area contributed by atoms with Crippen molar-refractivity contribution in [2.24, 2.45) is 0 Å². The van der Waals surface area contributed by atoms with Gasteiger partial charge in [0.25, 0.3) is 5.91 Å². The number of carbonyl (C=O) groups excluding carboxylic acids is 2. The van der Waals surface area contributed by atoms with Crippen molar-refractivity contribution in [2.75, 3.05) is 6.54 Å². The van der Waals surface area contributed by atoms with Gasteiger partial charge in [0.05, 0.1) is 11.1 Å². The summed E-state index contributed by atoms with van der Waals surface area (Å²) in [5, 5.41) is 3.64. The number of para-hydroxylation sites is 1. The predicted octanol–water partition coefficient (Wildman–Crippen LogP) is 3.14. The van der Waals surface area contributed by atoms with Crippen molar-refractivity contribution in [1.29, 1.82) is 0 Å². The van der Waals surface area contributed by atoms with E-state index in [1.54, 1.807) is 31.3 Å². The smallest absolute Gasteiger partial charge is 0.341 e. The Balaban J connectivity index is 1.57. The second-order valence-electron chi connectivity index (χ2n) is 5.95. The highest BCUT2D eigenvalue weighted by Crippen LogP contribution is 2.17. The highest BCUT2D eigenvalue weighted by atomic mass is 16.5. The Hall–Kier alpha value is -3.21. The average Bonchev–Trinajstić information content (AvgIpc) is 2.68. The standard InChI is InChI=1S/C21H20N2O3/c1-15(20(24)23-14-12-16-7-3-2-4-8-16)26-21(25)18-11-5-9-17-10-6-13-22-19(17)18/h2-11,13,15H,12,14H2,1H3,(H,23,24)/t15-/m0/s1. The van der Waals surface area contributed by atoms with E-state index in [-0.39, 0.29) is 5.91 Å². The van der Waals surface area contributed by atoms with Crippen LogP contribution in [0.5, 0.6) is 0 Å². The molecular formula is C21H20N2O3. The Labute approximate surface area is 152 Å². The molecule has 2 aromatic carbocycles. The topological polar surface area (TPSA) is 68.3 Å². The van der Waals surface area contributed by atoms with Gasteiger partial charge in [-0.2, -0.15) is 0 Å². The van der Waals surface area contributed by atoms with Crippen molar-refractivity contribution >= 4 is 22.8 Å². The van der Waals surface area contributed by atoms with Crippen LogP contribution >= 0.6 is 0 Å². The maximum absolute atomic E-state index is 12.4. The number of ether oxygens (including phenoxy) is 1. The molecule has 5 heteroatoms. The van der Waals surface area contributed by atoms with Crippen LogP contribution in [0.3, 0.4) is 0 Å². The van der Waals surface area contributed by atoms with E-state index in [1.807, 2.05) is 42.5 Å². The molecule has 0 fully saturated rings. The molecule has 1 amide bonds. The van der Waals surface area contributed by atoms with E-state index in [2.05, 4.69) is 10.3 Å². The molecule has 0 aliphatic rings. The zero-order valence-corrected chi connectivity index (χ0v) is 14.5. The molecule has 1 N–H and O–H groups in total. The molecule has 5 nitrogen and oxygen atoms in total. The molecule has 0 radical (unpaired) electrons. The van der Waals surface area contributed by atoms with Crippen LogP contribution in [0.1, 0.15) is 22.8 Å². The van der Waals surface area contributed by atoms with E-state index < -0.39 is 12.1 Å². The summed E-state index contributed by atoms with van der Waals surface area (Å²) >= 11 is 0. The van der Waals surface area contributed by atoms with Gasteiger partial charge >= 0.3 is 5.97 Å². The first-order chi connectivity index (χ1) is 12.6. The number of carbonyl (C=O) groups is 2. The molecule has 1 aromatic heterocycles. The van der Waals surface area contributed by atoms with Gasteiger partial charge in [-0.05, 0) is 31.0 Å². The van der Waals surface area contributed by atoms with E-state index in [1.165, 1.54) is 0 Å². The van der Waals surface area contributed by atoms with E-state index in [0.717, 1.165) is 17.4 Å². The maximum Gasteiger partial charge on any atom is 0.341 e. The van der Waals surface area contributed by atoms with E-state index in [0.29, 0.717) is 17.6 Å². The Morgan fingerprint density at radius 2 is 1.81 bits per heavy atom. The lowest BCUT2D eigenvalue weighted by atomic mass is 10.1. The number of pyridine rings is 1. The lowest BCUT2D eigenvalue weighted by Gasteiger charge is -2.14. The minimum atomic E-state index is -0.878. The average molecular weight is 348 g/mol. The fourth-order valence-electron chi connectivity index (χ4n) is 2.66. The molecule has 0 saturated carbocycles. The number of fused-ring (bicyclic) bond motifs is 1. The summed E-state index contributed by atoms with van der Waals surface area (Å²) in [6.45, 7) is 2.05. The third-order valence-corrected chi connectivity index (χ3v) is 4.06. The summed E-state index contributed by atoms with van der Waals surface area (Å²) in [7, 11) is 0. The number of rotatable bonds is 6. The highest BCUT2D eigenvalue weighted by Gasteiger charge is 2.20. The van der Waals surface area contributed by atoms with Gasteiger partial charge < -0.3 is 10.1 Å². The lowest BCUT2D eigenvalue weighted by molar-refractivity contribution is -0.129. The first-order valence-electron chi connectivity index (χ1n) is 8.51. The van der Waals surface area contributed by atoms with Crippen LogP contribution in [0, 0.1) is 0 Å². The summed E-state index contributed by atoms with van der Waals surface area (Å²) in [6.07, 6.45) is 1.47. The highest BCUT2D eigenvalue weighted by molar-refractivity contribution is 6.03. The summed E-state index contributed by atoms with van der Waals surface area (Å²) in [5.74, 6) is -0.873. The Bertz CT molecular complexity index is 904. The monoisotopic (exact) mass is 348 g/mol. The number of benzene rings is 2. The van der Waals surface area contributed by atoms with Crippen LogP contribution in [0.2, 0.25) is 0 Å². The molecular weight excluding hydrogens is 328 g/mol. The number of hydrogen-bond acceptors (Lipinski definition) is 4. The van der Waals surface area contributed by atoms with Crippen LogP contribution in [-0.4, -0.2) is 29.5 Å². The van der Waals surface area contributed by atoms with Crippen LogP contribution in [0.4, 0.5) is 0 Å². The second kappa shape index (κ2) is 8.25. The third-order valence-electron chi connectivity index (χ3n) is 4.06. The van der Waals surface area contributed by atoms with Crippen molar-refractivity contribution in [3.05, 3.63) is 78.0 Å². The fraction of sp³-hybridized carbons (Fsp3) is 0.190. The minimum absolute atomic E-state index is 0.317. The van der Waals surface area contributed by atoms with Crippen molar-refractivity contribution in [2.45, 2.75) is 19.4 Å². The SMILES string of the molecule is C[C@H](OC(=O)c1cccc2cccnc12)C(=O)NCCc1ccccc1. The Morgan fingerprint density at radius 1 is 1.04 bits per heavy atom. The van der Waals surface area contributed by atoms with Crippen molar-refractivity contribution < 1.29 is 14.3 Å². The van der Waals surface area contributed by atoms with Gasteiger partial charge in [-0.25, -0.2) is 4.79 Å². The molecule has 0 aliphatic carbocycles. The zero-order valence-electron chi connectivity index (χ0n) is 14.5. The molecule has 0 saturated heterocycles. The van der Waals surface area contributed by atoms with Crippen LogP contribution in [0.25, 0.3) is 10.9 Å².